The Balaban J connectivity index is 1.30. The molecule has 1 aromatic rings. The molecule has 3 aliphatic rings. The van der Waals surface area contributed by atoms with Crippen molar-refractivity contribution < 1.29 is 14.3 Å². The van der Waals surface area contributed by atoms with Crippen molar-refractivity contribution in [3.8, 4) is 0 Å². The molecule has 26 heavy (non-hydrogen) atoms. The van der Waals surface area contributed by atoms with Crippen molar-refractivity contribution in [2.45, 2.75) is 31.4 Å². The maximum atomic E-state index is 12.0. The Morgan fingerprint density at radius 1 is 1.08 bits per heavy atom. The lowest BCUT2D eigenvalue weighted by Crippen LogP contribution is -2.52. The maximum Gasteiger partial charge on any atom is 0.248 e. The van der Waals surface area contributed by atoms with Crippen molar-refractivity contribution in [3.63, 3.8) is 0 Å². The van der Waals surface area contributed by atoms with E-state index in [0.717, 1.165) is 45.1 Å². The molecular formula is C21H30N2O3. The van der Waals surface area contributed by atoms with Crippen LogP contribution in [0.3, 0.4) is 0 Å². The molecule has 1 aromatic carbocycles. The Kier molecular flexibility index (Phi) is 5.57. The zero-order valence-corrected chi connectivity index (χ0v) is 15.7. The van der Waals surface area contributed by atoms with Gasteiger partial charge in [-0.3, -0.25) is 9.69 Å². The Labute approximate surface area is 156 Å². The van der Waals surface area contributed by atoms with Gasteiger partial charge in [0.25, 0.3) is 0 Å². The van der Waals surface area contributed by atoms with Crippen LogP contribution in [-0.2, 0) is 14.3 Å². The summed E-state index contributed by atoms with van der Waals surface area (Å²) in [5.74, 6) is 1.59. The highest BCUT2D eigenvalue weighted by molar-refractivity contribution is 5.77. The van der Waals surface area contributed by atoms with Gasteiger partial charge in [0.05, 0.1) is 12.7 Å². The lowest BCUT2D eigenvalue weighted by atomic mass is 9.86. The molecule has 0 radical (unpaired) electrons. The summed E-state index contributed by atoms with van der Waals surface area (Å²) >= 11 is 0. The number of carbonyl (C=O) groups is 1. The van der Waals surface area contributed by atoms with Gasteiger partial charge in [-0.15, -0.1) is 0 Å². The Bertz CT molecular complexity index is 601. The van der Waals surface area contributed by atoms with Crippen molar-refractivity contribution in [2.24, 2.45) is 11.8 Å². The minimum absolute atomic E-state index is 0.117. The molecule has 0 unspecified atom stereocenters. The van der Waals surface area contributed by atoms with Gasteiger partial charge in [0.1, 0.15) is 6.61 Å². The Morgan fingerprint density at radius 2 is 1.81 bits per heavy atom. The van der Waals surface area contributed by atoms with Gasteiger partial charge in [-0.2, -0.15) is 0 Å². The van der Waals surface area contributed by atoms with Crippen molar-refractivity contribution in [1.29, 1.82) is 0 Å². The molecule has 1 amide bonds. The first-order valence-electron chi connectivity index (χ1n) is 9.92. The molecule has 2 heterocycles. The minimum atomic E-state index is 0.117. The van der Waals surface area contributed by atoms with Crippen LogP contribution in [0.5, 0.6) is 0 Å². The number of nitrogens with zero attached hydrogens (tertiary/aromatic N) is 2. The quantitative estimate of drug-likeness (QED) is 0.828. The van der Waals surface area contributed by atoms with Crippen LogP contribution >= 0.6 is 0 Å². The van der Waals surface area contributed by atoms with Crippen molar-refractivity contribution in [3.05, 3.63) is 35.9 Å². The first-order chi connectivity index (χ1) is 12.7. The Hall–Kier alpha value is -1.43. The highest BCUT2D eigenvalue weighted by atomic mass is 16.5. The maximum absolute atomic E-state index is 12.0. The van der Waals surface area contributed by atoms with Crippen LogP contribution in [0.1, 0.15) is 30.9 Å². The van der Waals surface area contributed by atoms with Crippen LogP contribution in [-0.4, -0.2) is 68.3 Å². The number of rotatable bonds is 4. The molecule has 0 aromatic heterocycles. The molecule has 1 aliphatic carbocycles. The van der Waals surface area contributed by atoms with E-state index >= 15 is 0 Å². The smallest absolute Gasteiger partial charge is 0.248 e. The zero-order chi connectivity index (χ0) is 17.9. The van der Waals surface area contributed by atoms with Crippen LogP contribution in [0, 0.1) is 11.8 Å². The van der Waals surface area contributed by atoms with E-state index in [1.165, 1.54) is 18.4 Å². The van der Waals surface area contributed by atoms with Gasteiger partial charge in [0.2, 0.25) is 5.91 Å². The molecule has 4 rings (SSSR count). The molecule has 5 heteroatoms. The van der Waals surface area contributed by atoms with E-state index in [0.29, 0.717) is 12.0 Å². The molecule has 1 saturated carbocycles. The Morgan fingerprint density at radius 3 is 2.54 bits per heavy atom. The summed E-state index contributed by atoms with van der Waals surface area (Å²) in [6.45, 7) is 4.73. The van der Waals surface area contributed by atoms with E-state index in [2.05, 4.69) is 35.2 Å². The predicted octanol–water partition coefficient (Wildman–Crippen LogP) is 2.33. The second kappa shape index (κ2) is 8.07. The number of piperazine rings is 1. The summed E-state index contributed by atoms with van der Waals surface area (Å²) in [5.41, 5.74) is 1.32. The normalized spacial score (nSPS) is 32.4. The fraction of sp³-hybridized carbons (Fsp3) is 0.667. The van der Waals surface area contributed by atoms with Gasteiger partial charge >= 0.3 is 0 Å². The van der Waals surface area contributed by atoms with Crippen LogP contribution in [0.15, 0.2) is 30.3 Å². The first kappa shape index (κ1) is 18.0. The van der Waals surface area contributed by atoms with Gasteiger partial charge in [-0.1, -0.05) is 30.3 Å². The second-order valence-electron chi connectivity index (χ2n) is 7.96. The predicted molar refractivity (Wildman–Crippen MR) is 99.8 cm³/mol. The van der Waals surface area contributed by atoms with E-state index in [9.17, 15) is 4.79 Å². The number of hydrogen-bond donors (Lipinski definition) is 0. The molecule has 5 nitrogen and oxygen atoms in total. The SMILES string of the molecule is COCC(=O)N1CCN([C@@H]2C[C@@H]3CO[C@H](c4ccccc4)C[C@@H]3C2)CC1. The van der Waals surface area contributed by atoms with Crippen molar-refractivity contribution in [2.75, 3.05) is 46.5 Å². The number of amides is 1. The number of hydrogen-bond acceptors (Lipinski definition) is 4. The van der Waals surface area contributed by atoms with Gasteiger partial charge < -0.3 is 14.4 Å². The van der Waals surface area contributed by atoms with E-state index < -0.39 is 0 Å². The van der Waals surface area contributed by atoms with Crippen LogP contribution in [0.2, 0.25) is 0 Å². The van der Waals surface area contributed by atoms with Crippen molar-refractivity contribution in [1.82, 2.24) is 9.80 Å². The summed E-state index contributed by atoms with van der Waals surface area (Å²) in [5, 5.41) is 0. The number of benzene rings is 1. The zero-order valence-electron chi connectivity index (χ0n) is 15.7. The van der Waals surface area contributed by atoms with Gasteiger partial charge in [0, 0.05) is 39.3 Å². The average Bonchev–Trinajstić information content (AvgIpc) is 3.12. The number of ether oxygens (including phenoxy) is 2. The van der Waals surface area contributed by atoms with E-state index in [1.807, 2.05) is 4.90 Å². The second-order valence-corrected chi connectivity index (χ2v) is 7.96. The standard InChI is InChI=1S/C21H30N2O3/c1-25-15-21(24)23-9-7-22(8-10-23)19-11-17-13-20(26-14-18(17)12-19)16-5-3-2-4-6-16/h2-6,17-20H,7-15H2,1H3/t17-,18+,19-,20-/m0/s1. The molecule has 4 atom stereocenters. The molecular weight excluding hydrogens is 328 g/mol. The fourth-order valence-electron chi connectivity index (χ4n) is 5.00. The third-order valence-corrected chi connectivity index (χ3v) is 6.47. The summed E-state index contributed by atoms with van der Waals surface area (Å²) in [6.07, 6.45) is 3.94. The molecule has 2 aliphatic heterocycles. The van der Waals surface area contributed by atoms with Crippen LogP contribution in [0.4, 0.5) is 0 Å². The van der Waals surface area contributed by atoms with Crippen LogP contribution in [0.25, 0.3) is 0 Å². The van der Waals surface area contributed by atoms with Crippen molar-refractivity contribution >= 4 is 5.91 Å². The van der Waals surface area contributed by atoms with E-state index in [-0.39, 0.29) is 18.6 Å². The molecule has 2 saturated heterocycles. The number of carbonyl (C=O) groups excluding carboxylic acids is 1. The number of fused-ring (bicyclic) bond motifs is 1. The monoisotopic (exact) mass is 358 g/mol. The highest BCUT2D eigenvalue weighted by Gasteiger charge is 2.42. The summed E-state index contributed by atoms with van der Waals surface area (Å²) in [7, 11) is 1.58. The molecule has 0 N–H and O–H groups in total. The third kappa shape index (κ3) is 3.80. The topological polar surface area (TPSA) is 42.0 Å². The van der Waals surface area contributed by atoms with E-state index in [4.69, 9.17) is 9.47 Å². The highest BCUT2D eigenvalue weighted by Crippen LogP contribution is 2.45. The van der Waals surface area contributed by atoms with Gasteiger partial charge in [-0.25, -0.2) is 0 Å². The molecule has 142 valence electrons. The van der Waals surface area contributed by atoms with Crippen LogP contribution < -0.4 is 0 Å². The largest absolute Gasteiger partial charge is 0.375 e. The molecule has 3 fully saturated rings. The summed E-state index contributed by atoms with van der Waals surface area (Å²) in [6, 6.07) is 11.3. The van der Waals surface area contributed by atoms with Gasteiger partial charge in [-0.05, 0) is 36.7 Å². The van der Waals surface area contributed by atoms with Gasteiger partial charge in [0.15, 0.2) is 0 Å². The lowest BCUT2D eigenvalue weighted by molar-refractivity contribution is -0.137. The number of methoxy groups -OCH3 is 1. The summed E-state index contributed by atoms with van der Waals surface area (Å²) < 4.78 is 11.2. The van der Waals surface area contributed by atoms with E-state index in [1.54, 1.807) is 7.11 Å². The summed E-state index contributed by atoms with van der Waals surface area (Å²) in [4.78, 5) is 16.5. The first-order valence-corrected chi connectivity index (χ1v) is 9.92. The lowest BCUT2D eigenvalue weighted by Gasteiger charge is -2.38. The fourth-order valence-corrected chi connectivity index (χ4v) is 5.00. The third-order valence-electron chi connectivity index (χ3n) is 6.47. The average molecular weight is 358 g/mol. The molecule has 0 bridgehead atoms. The minimum Gasteiger partial charge on any atom is -0.375 e. The molecule has 0 spiro atoms.